The smallest absolute Gasteiger partial charge is 0.150 e. The molecular weight excluding hydrogens is 248 g/mol. The summed E-state index contributed by atoms with van der Waals surface area (Å²) in [5.41, 5.74) is 0. The molecule has 0 aliphatic carbocycles. The van der Waals surface area contributed by atoms with Crippen LogP contribution in [0.4, 0.5) is 0 Å². The van der Waals surface area contributed by atoms with E-state index in [0.29, 0.717) is 23.6 Å². The number of hydrogen-bond donors (Lipinski definition) is 1. The van der Waals surface area contributed by atoms with Crippen molar-refractivity contribution in [3.8, 4) is 0 Å². The van der Waals surface area contributed by atoms with Gasteiger partial charge >= 0.3 is 0 Å². The molecule has 0 amide bonds. The normalized spacial score (nSPS) is 31.1. The van der Waals surface area contributed by atoms with Crippen molar-refractivity contribution in [2.24, 2.45) is 0 Å². The summed E-state index contributed by atoms with van der Waals surface area (Å²) in [7, 11) is -2.73. The third-order valence-corrected chi connectivity index (χ3v) is 5.90. The van der Waals surface area contributed by atoms with E-state index in [4.69, 9.17) is 0 Å². The zero-order chi connectivity index (χ0) is 13.0. The summed E-state index contributed by atoms with van der Waals surface area (Å²) in [6, 6.07) is 1.09. The van der Waals surface area contributed by atoms with Crippen LogP contribution in [0.5, 0.6) is 0 Å². The molecule has 0 radical (unpaired) electrons. The van der Waals surface area contributed by atoms with Crippen molar-refractivity contribution in [3.05, 3.63) is 0 Å². The quantitative estimate of drug-likeness (QED) is 0.835. The highest BCUT2D eigenvalue weighted by atomic mass is 32.2. The summed E-state index contributed by atoms with van der Waals surface area (Å²) in [6.45, 7) is 5.55. The topological polar surface area (TPSA) is 49.4 Å². The minimum atomic E-state index is -2.73. The fourth-order valence-electron chi connectivity index (χ4n) is 3.14. The molecule has 0 saturated carbocycles. The molecule has 2 aliphatic heterocycles. The molecule has 0 aromatic heterocycles. The highest BCUT2D eigenvalue weighted by Crippen LogP contribution is 2.20. The van der Waals surface area contributed by atoms with Crippen LogP contribution in [0.25, 0.3) is 0 Å². The molecule has 0 aromatic carbocycles. The Labute approximate surface area is 111 Å². The monoisotopic (exact) mass is 274 g/mol. The first-order valence-electron chi connectivity index (χ1n) is 7.28. The second-order valence-corrected chi connectivity index (χ2v) is 7.97. The maximum Gasteiger partial charge on any atom is 0.150 e. The molecule has 0 spiro atoms. The van der Waals surface area contributed by atoms with Crippen LogP contribution in [0.1, 0.15) is 39.0 Å². The Kier molecular flexibility index (Phi) is 5.04. The first-order chi connectivity index (χ1) is 8.61. The minimum Gasteiger partial charge on any atom is -0.313 e. The van der Waals surface area contributed by atoms with Crippen molar-refractivity contribution < 1.29 is 8.42 Å². The van der Waals surface area contributed by atoms with E-state index >= 15 is 0 Å². The molecule has 1 unspecified atom stereocenters. The van der Waals surface area contributed by atoms with Gasteiger partial charge in [0.25, 0.3) is 0 Å². The van der Waals surface area contributed by atoms with Gasteiger partial charge in [-0.05, 0) is 38.8 Å². The summed E-state index contributed by atoms with van der Waals surface area (Å²) < 4.78 is 23.0. The van der Waals surface area contributed by atoms with E-state index in [0.717, 1.165) is 32.5 Å². The number of rotatable bonds is 3. The molecule has 0 bridgehead atoms. The van der Waals surface area contributed by atoms with Crippen molar-refractivity contribution in [1.82, 2.24) is 10.2 Å². The SMILES string of the molecule is CCCC1CN(C2CCS(=O)(=O)CC2)CCCN1. The fourth-order valence-corrected chi connectivity index (χ4v) is 4.61. The maximum absolute atomic E-state index is 11.5. The predicted octanol–water partition coefficient (Wildman–Crippen LogP) is 1.03. The summed E-state index contributed by atoms with van der Waals surface area (Å²) in [6.07, 6.45) is 5.29. The number of nitrogens with one attached hydrogen (secondary N) is 1. The van der Waals surface area contributed by atoms with Gasteiger partial charge < -0.3 is 5.32 Å². The lowest BCUT2D eigenvalue weighted by atomic mass is 10.1. The van der Waals surface area contributed by atoms with Gasteiger partial charge in [0.1, 0.15) is 9.84 Å². The molecule has 106 valence electrons. The molecule has 2 fully saturated rings. The van der Waals surface area contributed by atoms with E-state index in [9.17, 15) is 8.42 Å². The predicted molar refractivity (Wildman–Crippen MR) is 74.6 cm³/mol. The fraction of sp³-hybridized carbons (Fsp3) is 1.00. The zero-order valence-electron chi connectivity index (χ0n) is 11.4. The number of hydrogen-bond acceptors (Lipinski definition) is 4. The third kappa shape index (κ3) is 3.93. The van der Waals surface area contributed by atoms with Crippen LogP contribution in [0, 0.1) is 0 Å². The van der Waals surface area contributed by atoms with Crippen LogP contribution >= 0.6 is 0 Å². The highest BCUT2D eigenvalue weighted by molar-refractivity contribution is 7.91. The highest BCUT2D eigenvalue weighted by Gasteiger charge is 2.29. The molecule has 1 atom stereocenters. The lowest BCUT2D eigenvalue weighted by Crippen LogP contribution is -2.45. The summed E-state index contributed by atoms with van der Waals surface area (Å²) in [5.74, 6) is 0.778. The molecule has 5 heteroatoms. The number of sulfone groups is 1. The van der Waals surface area contributed by atoms with Gasteiger partial charge in [0.15, 0.2) is 0 Å². The van der Waals surface area contributed by atoms with Crippen molar-refractivity contribution >= 4 is 9.84 Å². The largest absolute Gasteiger partial charge is 0.313 e. The molecular formula is C13H26N2O2S. The van der Waals surface area contributed by atoms with Gasteiger partial charge in [0.2, 0.25) is 0 Å². The Balaban J connectivity index is 1.90. The lowest BCUT2D eigenvalue weighted by Gasteiger charge is -2.34. The summed E-state index contributed by atoms with van der Waals surface area (Å²) in [5, 5.41) is 3.61. The van der Waals surface area contributed by atoms with Crippen molar-refractivity contribution in [2.45, 2.75) is 51.1 Å². The van der Waals surface area contributed by atoms with Crippen LogP contribution in [-0.4, -0.2) is 56.5 Å². The van der Waals surface area contributed by atoms with E-state index in [2.05, 4.69) is 17.1 Å². The second-order valence-electron chi connectivity index (χ2n) is 5.67. The van der Waals surface area contributed by atoms with E-state index < -0.39 is 9.84 Å². The first-order valence-corrected chi connectivity index (χ1v) is 9.11. The Morgan fingerprint density at radius 3 is 2.67 bits per heavy atom. The van der Waals surface area contributed by atoms with E-state index in [1.54, 1.807) is 0 Å². The molecule has 0 aromatic rings. The standard InChI is InChI=1S/C13H26N2O2S/c1-2-4-12-11-15(8-3-7-14-12)13-5-9-18(16,17)10-6-13/h12-14H,2-11H2,1H3. The Morgan fingerprint density at radius 1 is 1.28 bits per heavy atom. The van der Waals surface area contributed by atoms with Gasteiger partial charge in [-0.1, -0.05) is 13.3 Å². The molecule has 2 aliphatic rings. The van der Waals surface area contributed by atoms with Crippen molar-refractivity contribution in [2.75, 3.05) is 31.1 Å². The average molecular weight is 274 g/mol. The first kappa shape index (κ1) is 14.3. The van der Waals surface area contributed by atoms with E-state index in [-0.39, 0.29) is 0 Å². The lowest BCUT2D eigenvalue weighted by molar-refractivity contribution is 0.178. The van der Waals surface area contributed by atoms with Crippen LogP contribution in [-0.2, 0) is 9.84 Å². The molecule has 4 nitrogen and oxygen atoms in total. The molecule has 1 N–H and O–H groups in total. The van der Waals surface area contributed by atoms with Gasteiger partial charge in [0.05, 0.1) is 11.5 Å². The van der Waals surface area contributed by atoms with Crippen LogP contribution < -0.4 is 5.32 Å². The average Bonchev–Trinajstić information content (AvgIpc) is 2.55. The maximum atomic E-state index is 11.5. The molecule has 18 heavy (non-hydrogen) atoms. The van der Waals surface area contributed by atoms with Crippen LogP contribution in [0.2, 0.25) is 0 Å². The Morgan fingerprint density at radius 2 is 2.00 bits per heavy atom. The second kappa shape index (κ2) is 6.35. The number of nitrogens with zero attached hydrogens (tertiary/aromatic N) is 1. The zero-order valence-corrected chi connectivity index (χ0v) is 12.2. The van der Waals surface area contributed by atoms with Crippen molar-refractivity contribution in [1.29, 1.82) is 0 Å². The Hall–Kier alpha value is -0.130. The van der Waals surface area contributed by atoms with Gasteiger partial charge in [-0.15, -0.1) is 0 Å². The summed E-state index contributed by atoms with van der Waals surface area (Å²) in [4.78, 5) is 2.54. The molecule has 2 heterocycles. The van der Waals surface area contributed by atoms with Gasteiger partial charge in [-0.25, -0.2) is 8.42 Å². The van der Waals surface area contributed by atoms with Crippen molar-refractivity contribution in [3.63, 3.8) is 0 Å². The van der Waals surface area contributed by atoms with Crippen LogP contribution in [0.3, 0.4) is 0 Å². The van der Waals surface area contributed by atoms with Gasteiger partial charge in [0, 0.05) is 18.6 Å². The minimum absolute atomic E-state index is 0.389. The third-order valence-electron chi connectivity index (χ3n) is 4.19. The van der Waals surface area contributed by atoms with Crippen LogP contribution in [0.15, 0.2) is 0 Å². The van der Waals surface area contributed by atoms with E-state index in [1.165, 1.54) is 19.3 Å². The molecule has 2 rings (SSSR count). The van der Waals surface area contributed by atoms with E-state index in [1.807, 2.05) is 0 Å². The Bertz CT molecular complexity index is 342. The molecule has 2 saturated heterocycles. The summed E-state index contributed by atoms with van der Waals surface area (Å²) >= 11 is 0. The van der Waals surface area contributed by atoms with Gasteiger partial charge in [-0.3, -0.25) is 4.90 Å². The van der Waals surface area contributed by atoms with Gasteiger partial charge in [-0.2, -0.15) is 0 Å².